The average Bonchev–Trinajstić information content (AvgIpc) is 3.32. The van der Waals surface area contributed by atoms with Crippen molar-refractivity contribution in [1.29, 1.82) is 0 Å². The normalized spacial score (nSPS) is 29.0. The van der Waals surface area contributed by atoms with E-state index in [9.17, 15) is 9.59 Å². The van der Waals surface area contributed by atoms with Gasteiger partial charge in [-0.05, 0) is 37.0 Å². The summed E-state index contributed by atoms with van der Waals surface area (Å²) < 4.78 is 6.11. The molecule has 2 aliphatic heterocycles. The van der Waals surface area contributed by atoms with Crippen molar-refractivity contribution >= 4 is 63.0 Å². The smallest absolute Gasteiger partial charge is 0.296 e. The molecule has 0 radical (unpaired) electrons. The highest BCUT2D eigenvalue weighted by Gasteiger charge is 2.53. The summed E-state index contributed by atoms with van der Waals surface area (Å²) >= 11 is 20.0. The second-order valence-corrected chi connectivity index (χ2v) is 9.65. The van der Waals surface area contributed by atoms with Crippen LogP contribution < -0.4 is 4.90 Å². The molecule has 0 bridgehead atoms. The molecule has 3 heterocycles. The Morgan fingerprint density at radius 1 is 1.17 bits per heavy atom. The predicted molar refractivity (Wildman–Crippen MR) is 113 cm³/mol. The molecule has 29 heavy (non-hydrogen) atoms. The summed E-state index contributed by atoms with van der Waals surface area (Å²) in [5.74, 6) is -0.661. The number of carbonyl (C=O) groups excluding carboxylic acids is 2. The van der Waals surface area contributed by atoms with Gasteiger partial charge in [0.1, 0.15) is 6.10 Å². The van der Waals surface area contributed by atoms with Crippen molar-refractivity contribution in [1.82, 2.24) is 4.98 Å². The van der Waals surface area contributed by atoms with Crippen LogP contribution in [0.25, 0.3) is 0 Å². The lowest BCUT2D eigenvalue weighted by Gasteiger charge is -2.37. The Bertz CT molecular complexity index is 1040. The van der Waals surface area contributed by atoms with Gasteiger partial charge in [-0.25, -0.2) is 4.98 Å². The molecule has 0 saturated heterocycles. The van der Waals surface area contributed by atoms with Gasteiger partial charge in [-0.2, -0.15) is 0 Å². The van der Waals surface area contributed by atoms with Crippen LogP contribution in [-0.4, -0.2) is 28.2 Å². The first-order valence-corrected chi connectivity index (χ1v) is 11.3. The van der Waals surface area contributed by atoms with Gasteiger partial charge in [0, 0.05) is 17.0 Å². The van der Waals surface area contributed by atoms with E-state index in [2.05, 4.69) is 4.98 Å². The first-order chi connectivity index (χ1) is 14.0. The summed E-state index contributed by atoms with van der Waals surface area (Å²) in [5.41, 5.74) is 1.04. The summed E-state index contributed by atoms with van der Waals surface area (Å²) in [6.07, 6.45) is 3.27. The molecule has 5 rings (SSSR count). The highest BCUT2D eigenvalue weighted by atomic mass is 35.5. The molecule has 150 valence electrons. The third kappa shape index (κ3) is 3.08. The van der Waals surface area contributed by atoms with Crippen molar-refractivity contribution < 1.29 is 14.3 Å². The van der Waals surface area contributed by atoms with E-state index in [0.717, 1.165) is 6.42 Å². The number of hydrogen-bond donors (Lipinski definition) is 0. The molecule has 4 unspecified atom stereocenters. The number of ketones is 1. The van der Waals surface area contributed by atoms with Gasteiger partial charge in [-0.3, -0.25) is 14.5 Å². The van der Waals surface area contributed by atoms with Gasteiger partial charge in [0.2, 0.25) is 0 Å². The number of hydrogen-bond acceptors (Lipinski definition) is 5. The molecule has 1 saturated carbocycles. The zero-order valence-electron chi connectivity index (χ0n) is 15.0. The van der Waals surface area contributed by atoms with Gasteiger partial charge in [0.25, 0.3) is 5.91 Å². The van der Waals surface area contributed by atoms with E-state index in [4.69, 9.17) is 39.5 Å². The Balaban J connectivity index is 1.65. The fourth-order valence-electron chi connectivity index (χ4n) is 4.35. The van der Waals surface area contributed by atoms with Gasteiger partial charge in [0.05, 0.1) is 27.6 Å². The molecule has 5 nitrogen and oxygen atoms in total. The summed E-state index contributed by atoms with van der Waals surface area (Å²) in [5, 5.41) is 2.96. The number of ether oxygens (including phenoxy) is 1. The van der Waals surface area contributed by atoms with Gasteiger partial charge in [-0.1, -0.05) is 29.3 Å². The van der Waals surface area contributed by atoms with Gasteiger partial charge >= 0.3 is 0 Å². The molecule has 4 atom stereocenters. The quantitative estimate of drug-likeness (QED) is 0.570. The minimum atomic E-state index is -0.664. The summed E-state index contributed by atoms with van der Waals surface area (Å²) in [4.78, 5) is 32.7. The van der Waals surface area contributed by atoms with E-state index in [1.54, 1.807) is 29.8 Å². The van der Waals surface area contributed by atoms with Gasteiger partial charge in [-0.15, -0.1) is 22.9 Å². The Hall–Kier alpha value is -1.60. The van der Waals surface area contributed by atoms with E-state index >= 15 is 0 Å². The molecule has 0 spiro atoms. The van der Waals surface area contributed by atoms with Crippen molar-refractivity contribution in [2.75, 3.05) is 4.90 Å². The number of anilines is 1. The Kier molecular flexibility index (Phi) is 4.86. The van der Waals surface area contributed by atoms with Crippen LogP contribution in [0.3, 0.4) is 0 Å². The Morgan fingerprint density at radius 2 is 2.00 bits per heavy atom. The number of alkyl halides is 1. The summed E-state index contributed by atoms with van der Waals surface area (Å²) in [7, 11) is 0. The lowest BCUT2D eigenvalue weighted by atomic mass is 9.77. The van der Waals surface area contributed by atoms with Crippen LogP contribution in [-0.2, 0) is 14.3 Å². The van der Waals surface area contributed by atoms with Gasteiger partial charge in [0.15, 0.2) is 16.7 Å². The summed E-state index contributed by atoms with van der Waals surface area (Å²) in [6.45, 7) is 0. The maximum Gasteiger partial charge on any atom is 0.296 e. The number of benzene rings is 1. The van der Waals surface area contributed by atoms with Crippen LogP contribution >= 0.6 is 46.1 Å². The topological polar surface area (TPSA) is 59.5 Å². The molecule has 1 aromatic heterocycles. The number of thiazole rings is 1. The van der Waals surface area contributed by atoms with Crippen LogP contribution in [0.15, 0.2) is 41.1 Å². The third-order valence-corrected chi connectivity index (χ3v) is 7.57. The van der Waals surface area contributed by atoms with Gasteiger partial charge < -0.3 is 4.74 Å². The number of rotatable bonds is 2. The predicted octanol–water partition coefficient (Wildman–Crippen LogP) is 5.17. The molecule has 0 N–H and O–H groups in total. The van der Waals surface area contributed by atoms with Crippen LogP contribution in [0.5, 0.6) is 0 Å². The first-order valence-electron chi connectivity index (χ1n) is 9.23. The lowest BCUT2D eigenvalue weighted by molar-refractivity contribution is -0.131. The molecule has 1 amide bonds. The zero-order valence-corrected chi connectivity index (χ0v) is 18.1. The number of amides is 1. The number of nitrogens with zero attached hydrogens (tertiary/aromatic N) is 2. The Labute approximate surface area is 186 Å². The first kappa shape index (κ1) is 19.4. The zero-order chi connectivity index (χ0) is 20.3. The highest BCUT2D eigenvalue weighted by molar-refractivity contribution is 7.13. The van der Waals surface area contributed by atoms with Crippen molar-refractivity contribution in [2.45, 2.75) is 36.8 Å². The van der Waals surface area contributed by atoms with E-state index in [0.29, 0.717) is 39.2 Å². The third-order valence-electron chi connectivity index (χ3n) is 5.67. The number of carbonyl (C=O) groups is 2. The van der Waals surface area contributed by atoms with Crippen molar-refractivity contribution in [3.63, 3.8) is 0 Å². The highest BCUT2D eigenvalue weighted by Crippen LogP contribution is 2.49. The molecular formula is C20H15Cl3N2O3S. The molecular weight excluding hydrogens is 455 g/mol. The molecule has 3 aliphatic rings. The van der Waals surface area contributed by atoms with Crippen LogP contribution in [0, 0.1) is 5.92 Å². The lowest BCUT2D eigenvalue weighted by Crippen LogP contribution is -2.41. The van der Waals surface area contributed by atoms with Crippen molar-refractivity contribution in [3.05, 3.63) is 56.7 Å². The summed E-state index contributed by atoms with van der Waals surface area (Å²) in [6, 6.07) is 4.45. The number of halogens is 3. The standard InChI is InChI=1S/C20H15Cl3N2O3S/c21-10-2-4-14-11(8-10)17(26)15-16(9-1-3-12(22)13(23)7-9)25(19(27)18(15)28-14)20-24-5-6-29-20/h1,3,5-7,10-11,14,16H,2,4,8H2. The van der Waals surface area contributed by atoms with E-state index < -0.39 is 6.04 Å². The monoisotopic (exact) mass is 468 g/mol. The fourth-order valence-corrected chi connectivity index (χ4v) is 5.64. The maximum atomic E-state index is 13.5. The average molecular weight is 470 g/mol. The fraction of sp³-hybridized carbons (Fsp3) is 0.350. The SMILES string of the molecule is O=C1C2=C(OC3CCC(Cl)CC13)C(=O)N(c1nccs1)C2c1ccc(Cl)c(Cl)c1. The minimum Gasteiger partial charge on any atom is -0.483 e. The van der Waals surface area contributed by atoms with E-state index in [-0.39, 0.29) is 34.8 Å². The van der Waals surface area contributed by atoms with Crippen LogP contribution in [0.1, 0.15) is 30.9 Å². The number of aromatic nitrogens is 1. The maximum absolute atomic E-state index is 13.5. The number of fused-ring (bicyclic) bond motifs is 1. The molecule has 2 aromatic rings. The largest absolute Gasteiger partial charge is 0.483 e. The number of Topliss-reactive ketones (excluding diaryl/α,β-unsaturated/α-hetero) is 1. The second-order valence-electron chi connectivity index (χ2n) is 7.35. The molecule has 1 aromatic carbocycles. The Morgan fingerprint density at radius 3 is 2.72 bits per heavy atom. The molecule has 9 heteroatoms. The van der Waals surface area contributed by atoms with Crippen LogP contribution in [0.2, 0.25) is 10.0 Å². The van der Waals surface area contributed by atoms with Crippen LogP contribution in [0.4, 0.5) is 5.13 Å². The van der Waals surface area contributed by atoms with E-state index in [1.165, 1.54) is 16.2 Å². The van der Waals surface area contributed by atoms with Crippen molar-refractivity contribution in [2.24, 2.45) is 5.92 Å². The molecule has 1 aliphatic carbocycles. The van der Waals surface area contributed by atoms with E-state index in [1.807, 2.05) is 0 Å². The second kappa shape index (κ2) is 7.27. The minimum absolute atomic E-state index is 0.0680. The molecule has 1 fully saturated rings. The van der Waals surface area contributed by atoms with Crippen molar-refractivity contribution in [3.8, 4) is 0 Å².